The third-order valence-electron chi connectivity index (χ3n) is 2.19. The molecule has 2 N–H and O–H groups in total. The lowest BCUT2D eigenvalue weighted by Crippen LogP contribution is -2.31. The molecule has 1 aromatic carbocycles. The third-order valence-corrected chi connectivity index (χ3v) is 4.58. The molecule has 1 atom stereocenters. The molecule has 0 saturated heterocycles. The van der Waals surface area contributed by atoms with Crippen LogP contribution in [0.2, 0.25) is 10.0 Å². The van der Waals surface area contributed by atoms with Crippen LogP contribution in [0.25, 0.3) is 0 Å². The summed E-state index contributed by atoms with van der Waals surface area (Å²) in [5, 5.41) is 9.46. The van der Waals surface area contributed by atoms with Crippen molar-refractivity contribution in [1.29, 1.82) is 0 Å². The lowest BCUT2D eigenvalue weighted by molar-refractivity contribution is 0.174. The molecule has 0 bridgehead atoms. The summed E-state index contributed by atoms with van der Waals surface area (Å²) in [5.41, 5.74) is 0. The highest BCUT2D eigenvalue weighted by Crippen LogP contribution is 2.28. The molecule has 0 amide bonds. The molecule has 0 saturated carbocycles. The number of halogens is 2. The van der Waals surface area contributed by atoms with Crippen molar-refractivity contribution in [2.24, 2.45) is 0 Å². The Bertz CT molecular complexity index is 490. The molecule has 0 aliphatic rings. The minimum atomic E-state index is -3.74. The fourth-order valence-electron chi connectivity index (χ4n) is 1.12. The highest BCUT2D eigenvalue weighted by Gasteiger charge is 2.19. The maximum atomic E-state index is 11.9. The summed E-state index contributed by atoms with van der Waals surface area (Å²) >= 11 is 11.5. The maximum Gasteiger partial charge on any atom is 0.242 e. The zero-order valence-corrected chi connectivity index (χ0v) is 11.5. The maximum absolute atomic E-state index is 11.9. The van der Waals surface area contributed by atoms with Gasteiger partial charge in [0.25, 0.3) is 0 Å². The van der Waals surface area contributed by atoms with E-state index in [0.717, 1.165) is 0 Å². The van der Waals surface area contributed by atoms with E-state index >= 15 is 0 Å². The van der Waals surface area contributed by atoms with Crippen LogP contribution in [-0.2, 0) is 10.0 Å². The van der Waals surface area contributed by atoms with E-state index in [2.05, 4.69) is 4.72 Å². The SMILES string of the molecule is CCC(O)CNS(=O)(=O)c1cccc(Cl)c1Cl. The van der Waals surface area contributed by atoms with Crippen molar-refractivity contribution in [2.45, 2.75) is 24.3 Å². The molecule has 1 unspecified atom stereocenters. The molecule has 96 valence electrons. The van der Waals surface area contributed by atoms with Gasteiger partial charge in [-0.05, 0) is 18.6 Å². The first-order chi connectivity index (χ1) is 7.88. The van der Waals surface area contributed by atoms with Gasteiger partial charge in [-0.3, -0.25) is 0 Å². The van der Waals surface area contributed by atoms with Crippen molar-refractivity contribution in [3.05, 3.63) is 28.2 Å². The highest BCUT2D eigenvalue weighted by molar-refractivity contribution is 7.89. The summed E-state index contributed by atoms with van der Waals surface area (Å²) in [6, 6.07) is 4.36. The molecule has 1 aromatic rings. The quantitative estimate of drug-likeness (QED) is 0.874. The van der Waals surface area contributed by atoms with Crippen LogP contribution in [0.5, 0.6) is 0 Å². The number of aliphatic hydroxyl groups is 1. The van der Waals surface area contributed by atoms with Gasteiger partial charge in [0.2, 0.25) is 10.0 Å². The smallest absolute Gasteiger partial charge is 0.242 e. The van der Waals surface area contributed by atoms with Crippen molar-refractivity contribution in [1.82, 2.24) is 4.72 Å². The van der Waals surface area contributed by atoms with Crippen molar-refractivity contribution >= 4 is 33.2 Å². The largest absolute Gasteiger partial charge is 0.392 e. The first kappa shape index (κ1) is 14.7. The lowest BCUT2D eigenvalue weighted by Gasteiger charge is -2.11. The fourth-order valence-corrected chi connectivity index (χ4v) is 2.95. The number of rotatable bonds is 5. The average molecular weight is 298 g/mol. The van der Waals surface area contributed by atoms with Crippen molar-refractivity contribution in [3.63, 3.8) is 0 Å². The summed E-state index contributed by atoms with van der Waals surface area (Å²) < 4.78 is 26.0. The van der Waals surface area contributed by atoms with E-state index in [9.17, 15) is 13.5 Å². The number of aliphatic hydroxyl groups excluding tert-OH is 1. The van der Waals surface area contributed by atoms with E-state index in [1.54, 1.807) is 6.92 Å². The highest BCUT2D eigenvalue weighted by atomic mass is 35.5. The van der Waals surface area contributed by atoms with E-state index in [0.29, 0.717) is 6.42 Å². The Hall–Kier alpha value is -0.330. The van der Waals surface area contributed by atoms with E-state index < -0.39 is 16.1 Å². The van der Waals surface area contributed by atoms with E-state index in [4.69, 9.17) is 23.2 Å². The van der Waals surface area contributed by atoms with Gasteiger partial charge in [0, 0.05) is 6.54 Å². The fraction of sp³-hybridized carbons (Fsp3) is 0.400. The molecule has 1 rings (SSSR count). The van der Waals surface area contributed by atoms with Crippen LogP contribution in [0.3, 0.4) is 0 Å². The molecule has 0 heterocycles. The predicted octanol–water partition coefficient (Wildman–Crippen LogP) is 2.04. The molecule has 0 aliphatic carbocycles. The zero-order chi connectivity index (χ0) is 13.1. The first-order valence-corrected chi connectivity index (χ1v) is 7.24. The van der Waals surface area contributed by atoms with Crippen LogP contribution in [0.1, 0.15) is 13.3 Å². The third kappa shape index (κ3) is 3.82. The Morgan fingerprint density at radius 1 is 1.41 bits per heavy atom. The Morgan fingerprint density at radius 2 is 2.06 bits per heavy atom. The minimum Gasteiger partial charge on any atom is -0.392 e. The Balaban J connectivity index is 2.94. The van der Waals surface area contributed by atoms with Gasteiger partial charge >= 0.3 is 0 Å². The number of benzene rings is 1. The average Bonchev–Trinajstić information content (AvgIpc) is 2.29. The monoisotopic (exact) mass is 297 g/mol. The van der Waals surface area contributed by atoms with Gasteiger partial charge in [-0.25, -0.2) is 13.1 Å². The zero-order valence-electron chi connectivity index (χ0n) is 9.15. The van der Waals surface area contributed by atoms with E-state index in [1.807, 2.05) is 0 Å². The van der Waals surface area contributed by atoms with Crippen molar-refractivity contribution < 1.29 is 13.5 Å². The standard InChI is InChI=1S/C10H13Cl2NO3S/c1-2-7(14)6-13-17(15,16)9-5-3-4-8(11)10(9)12/h3-5,7,13-14H,2,6H2,1H3. The van der Waals surface area contributed by atoms with Crippen LogP contribution in [0.15, 0.2) is 23.1 Å². The molecular formula is C10H13Cl2NO3S. The number of hydrogen-bond donors (Lipinski definition) is 2. The van der Waals surface area contributed by atoms with Crippen molar-refractivity contribution in [2.75, 3.05) is 6.54 Å². The molecule has 7 heteroatoms. The van der Waals surface area contributed by atoms with Gasteiger partial charge in [-0.2, -0.15) is 0 Å². The van der Waals surface area contributed by atoms with Crippen LogP contribution in [-0.4, -0.2) is 26.2 Å². The molecule has 0 aromatic heterocycles. The summed E-state index contributed by atoms with van der Waals surface area (Å²) in [6.07, 6.45) is -0.256. The second-order valence-corrected chi connectivity index (χ2v) is 5.99. The topological polar surface area (TPSA) is 66.4 Å². The Morgan fingerprint density at radius 3 is 2.65 bits per heavy atom. The van der Waals surface area contributed by atoms with E-state index in [-0.39, 0.29) is 21.5 Å². The molecule has 0 aliphatic heterocycles. The number of hydrogen-bond acceptors (Lipinski definition) is 3. The first-order valence-electron chi connectivity index (χ1n) is 5.00. The molecular weight excluding hydrogens is 285 g/mol. The van der Waals surface area contributed by atoms with Crippen LogP contribution < -0.4 is 4.72 Å². The predicted molar refractivity (Wildman–Crippen MR) is 67.9 cm³/mol. The molecule has 0 spiro atoms. The van der Waals surface area contributed by atoms with Gasteiger partial charge in [0.15, 0.2) is 0 Å². The lowest BCUT2D eigenvalue weighted by atomic mass is 10.3. The van der Waals surface area contributed by atoms with Crippen LogP contribution >= 0.6 is 23.2 Å². The summed E-state index contributed by atoms with van der Waals surface area (Å²) in [7, 11) is -3.74. The van der Waals surface area contributed by atoms with Crippen LogP contribution in [0, 0.1) is 0 Å². The van der Waals surface area contributed by atoms with Gasteiger partial charge in [-0.1, -0.05) is 36.2 Å². The van der Waals surface area contributed by atoms with Crippen molar-refractivity contribution in [3.8, 4) is 0 Å². The molecule has 0 fully saturated rings. The van der Waals surface area contributed by atoms with Gasteiger partial charge in [-0.15, -0.1) is 0 Å². The van der Waals surface area contributed by atoms with Gasteiger partial charge < -0.3 is 5.11 Å². The van der Waals surface area contributed by atoms with Gasteiger partial charge in [0.1, 0.15) is 4.90 Å². The number of sulfonamides is 1. The van der Waals surface area contributed by atoms with E-state index in [1.165, 1.54) is 18.2 Å². The summed E-state index contributed by atoms with van der Waals surface area (Å²) in [4.78, 5) is -0.0880. The molecule has 4 nitrogen and oxygen atoms in total. The Kier molecular flexibility index (Phi) is 5.22. The molecule has 17 heavy (non-hydrogen) atoms. The Labute approximate surface area is 111 Å². The summed E-state index contributed by atoms with van der Waals surface area (Å²) in [6.45, 7) is 1.70. The second kappa shape index (κ2) is 6.02. The second-order valence-electron chi connectivity index (χ2n) is 3.47. The van der Waals surface area contributed by atoms with Gasteiger partial charge in [0.05, 0.1) is 16.1 Å². The van der Waals surface area contributed by atoms with Crippen LogP contribution in [0.4, 0.5) is 0 Å². The minimum absolute atomic E-state index is 0.0207. The summed E-state index contributed by atoms with van der Waals surface area (Å²) in [5.74, 6) is 0. The molecule has 0 radical (unpaired) electrons. The normalized spacial score (nSPS) is 13.6. The number of nitrogens with one attached hydrogen (secondary N) is 1.